The van der Waals surface area contributed by atoms with Gasteiger partial charge in [-0.3, -0.25) is 0 Å². The second kappa shape index (κ2) is 5.52. The van der Waals surface area contributed by atoms with Crippen LogP contribution in [-0.4, -0.2) is 0 Å². The molecule has 2 aromatic rings. The Labute approximate surface area is 116 Å². The number of benzene rings is 2. The van der Waals surface area contributed by atoms with Gasteiger partial charge in [0, 0.05) is 6.07 Å². The van der Waals surface area contributed by atoms with Gasteiger partial charge in [0.15, 0.2) is 0 Å². The monoisotopic (exact) mass is 331 g/mol. The first-order valence-electron chi connectivity index (χ1n) is 5.29. The highest BCUT2D eigenvalue weighted by molar-refractivity contribution is 9.10. The summed E-state index contributed by atoms with van der Waals surface area (Å²) in [6.07, 6.45) is 0. The van der Waals surface area contributed by atoms with Crippen molar-refractivity contribution in [1.82, 2.24) is 0 Å². The van der Waals surface area contributed by atoms with Gasteiger partial charge >= 0.3 is 0 Å². The van der Waals surface area contributed by atoms with Crippen molar-refractivity contribution in [2.45, 2.75) is 6.61 Å². The second-order valence-corrected chi connectivity index (χ2v) is 4.65. The molecule has 0 amide bonds. The van der Waals surface area contributed by atoms with E-state index in [9.17, 15) is 13.2 Å². The maximum atomic E-state index is 13.7. The molecule has 0 saturated carbocycles. The van der Waals surface area contributed by atoms with E-state index in [1.807, 2.05) is 0 Å². The van der Waals surface area contributed by atoms with Crippen molar-refractivity contribution in [3.05, 3.63) is 57.8 Å². The van der Waals surface area contributed by atoms with Crippen molar-refractivity contribution in [1.29, 1.82) is 0 Å². The first-order valence-corrected chi connectivity index (χ1v) is 6.08. The summed E-state index contributed by atoms with van der Waals surface area (Å²) < 4.78 is 45.3. The minimum atomic E-state index is -0.735. The van der Waals surface area contributed by atoms with Gasteiger partial charge in [0.05, 0.1) is 15.7 Å². The molecule has 0 fully saturated rings. The fourth-order valence-electron chi connectivity index (χ4n) is 1.50. The standard InChI is InChI=1S/C13H9BrF3NO/c14-9-2-3-10(16)8(13(9)17)6-19-12-4-1-7(15)5-11(12)18/h1-5H,6,18H2. The Hall–Kier alpha value is -1.69. The normalized spacial score (nSPS) is 10.5. The Kier molecular flexibility index (Phi) is 3.99. The number of hydrogen-bond acceptors (Lipinski definition) is 2. The first kappa shape index (κ1) is 13.7. The maximum absolute atomic E-state index is 13.7. The molecule has 0 aliphatic rings. The topological polar surface area (TPSA) is 35.2 Å². The zero-order valence-electron chi connectivity index (χ0n) is 9.59. The lowest BCUT2D eigenvalue weighted by molar-refractivity contribution is 0.293. The molecule has 2 rings (SSSR count). The first-order chi connectivity index (χ1) is 8.99. The molecule has 0 heterocycles. The van der Waals surface area contributed by atoms with Crippen LogP contribution in [0.15, 0.2) is 34.8 Å². The van der Waals surface area contributed by atoms with E-state index in [4.69, 9.17) is 10.5 Å². The molecule has 0 aliphatic carbocycles. The molecule has 6 heteroatoms. The zero-order valence-corrected chi connectivity index (χ0v) is 11.2. The van der Waals surface area contributed by atoms with Gasteiger partial charge < -0.3 is 10.5 Å². The van der Waals surface area contributed by atoms with E-state index >= 15 is 0 Å². The average Bonchev–Trinajstić information content (AvgIpc) is 2.36. The largest absolute Gasteiger partial charge is 0.487 e. The number of ether oxygens (including phenoxy) is 1. The summed E-state index contributed by atoms with van der Waals surface area (Å²) in [5, 5.41) is 0. The number of hydrogen-bond donors (Lipinski definition) is 1. The molecule has 100 valence electrons. The van der Waals surface area contributed by atoms with Crippen molar-refractivity contribution in [3.63, 3.8) is 0 Å². The van der Waals surface area contributed by atoms with Crippen LogP contribution < -0.4 is 10.5 Å². The van der Waals surface area contributed by atoms with Crippen LogP contribution in [0.4, 0.5) is 18.9 Å². The minimum Gasteiger partial charge on any atom is -0.487 e. The van der Waals surface area contributed by atoms with Crippen LogP contribution in [0, 0.1) is 17.5 Å². The van der Waals surface area contributed by atoms with Crippen molar-refractivity contribution in [2.75, 3.05) is 5.73 Å². The summed E-state index contributed by atoms with van der Waals surface area (Å²) in [7, 11) is 0. The molecule has 2 nitrogen and oxygen atoms in total. The third-order valence-corrected chi connectivity index (χ3v) is 3.10. The maximum Gasteiger partial charge on any atom is 0.146 e. The van der Waals surface area contributed by atoms with Gasteiger partial charge in [0.2, 0.25) is 0 Å². The Morgan fingerprint density at radius 3 is 2.53 bits per heavy atom. The summed E-state index contributed by atoms with van der Waals surface area (Å²) in [5.41, 5.74) is 5.37. The molecule has 0 aliphatic heterocycles. The van der Waals surface area contributed by atoms with E-state index in [1.165, 1.54) is 12.1 Å². The molecule has 0 saturated heterocycles. The van der Waals surface area contributed by atoms with Crippen LogP contribution in [0.5, 0.6) is 5.75 Å². The Bertz CT molecular complexity index is 619. The molecule has 0 spiro atoms. The van der Waals surface area contributed by atoms with E-state index in [1.54, 1.807) is 0 Å². The predicted molar refractivity (Wildman–Crippen MR) is 69.2 cm³/mol. The Morgan fingerprint density at radius 2 is 1.84 bits per heavy atom. The lowest BCUT2D eigenvalue weighted by atomic mass is 10.2. The molecule has 0 atom stereocenters. The SMILES string of the molecule is Nc1cc(F)ccc1OCc1c(F)ccc(Br)c1F. The summed E-state index contributed by atoms with van der Waals surface area (Å²) in [6, 6.07) is 5.92. The van der Waals surface area contributed by atoms with E-state index < -0.39 is 17.5 Å². The lowest BCUT2D eigenvalue weighted by Gasteiger charge is -2.10. The van der Waals surface area contributed by atoms with Gasteiger partial charge in [-0.2, -0.15) is 0 Å². The van der Waals surface area contributed by atoms with Gasteiger partial charge in [-0.05, 0) is 40.2 Å². The van der Waals surface area contributed by atoms with Crippen LogP contribution in [0.25, 0.3) is 0 Å². The van der Waals surface area contributed by atoms with Gasteiger partial charge in [-0.15, -0.1) is 0 Å². The number of rotatable bonds is 3. The van der Waals surface area contributed by atoms with Crippen molar-refractivity contribution in [3.8, 4) is 5.75 Å². The predicted octanol–water partition coefficient (Wildman–Crippen LogP) is 4.03. The average molecular weight is 332 g/mol. The summed E-state index contributed by atoms with van der Waals surface area (Å²) >= 11 is 2.96. The number of nitrogens with two attached hydrogens (primary N) is 1. The van der Waals surface area contributed by atoms with Crippen LogP contribution in [0.3, 0.4) is 0 Å². The summed E-state index contributed by atoms with van der Waals surface area (Å²) in [6.45, 7) is -0.340. The van der Waals surface area contributed by atoms with E-state index in [0.717, 1.165) is 18.2 Å². The van der Waals surface area contributed by atoms with Crippen LogP contribution in [0.1, 0.15) is 5.56 Å². The fourth-order valence-corrected chi connectivity index (χ4v) is 1.87. The summed E-state index contributed by atoms with van der Waals surface area (Å²) in [5.74, 6) is -1.80. The summed E-state index contributed by atoms with van der Waals surface area (Å²) in [4.78, 5) is 0. The lowest BCUT2D eigenvalue weighted by Crippen LogP contribution is -2.04. The zero-order chi connectivity index (χ0) is 14.0. The quantitative estimate of drug-likeness (QED) is 0.680. The van der Waals surface area contributed by atoms with E-state index in [0.29, 0.717) is 0 Å². The van der Waals surface area contributed by atoms with Crippen molar-refractivity contribution >= 4 is 21.6 Å². The highest BCUT2D eigenvalue weighted by Gasteiger charge is 2.13. The highest BCUT2D eigenvalue weighted by Crippen LogP contribution is 2.26. The van der Waals surface area contributed by atoms with Crippen molar-refractivity contribution in [2.24, 2.45) is 0 Å². The minimum absolute atomic E-state index is 0.0656. The van der Waals surface area contributed by atoms with Gasteiger partial charge in [-0.25, -0.2) is 13.2 Å². The molecule has 0 unspecified atom stereocenters. The highest BCUT2D eigenvalue weighted by atomic mass is 79.9. The van der Waals surface area contributed by atoms with Crippen LogP contribution in [0.2, 0.25) is 0 Å². The molecule has 19 heavy (non-hydrogen) atoms. The smallest absolute Gasteiger partial charge is 0.146 e. The molecule has 0 bridgehead atoms. The third-order valence-electron chi connectivity index (χ3n) is 2.48. The molecular weight excluding hydrogens is 323 g/mol. The van der Waals surface area contributed by atoms with Crippen LogP contribution >= 0.6 is 15.9 Å². The van der Waals surface area contributed by atoms with E-state index in [2.05, 4.69) is 15.9 Å². The Morgan fingerprint density at radius 1 is 1.11 bits per heavy atom. The van der Waals surface area contributed by atoms with Gasteiger partial charge in [-0.1, -0.05) is 0 Å². The Balaban J connectivity index is 2.21. The molecule has 0 aromatic heterocycles. The van der Waals surface area contributed by atoms with Crippen LogP contribution in [-0.2, 0) is 6.61 Å². The number of nitrogen functional groups attached to an aromatic ring is 1. The molecule has 2 N–H and O–H groups in total. The number of halogens is 4. The van der Waals surface area contributed by atoms with Gasteiger partial charge in [0.1, 0.15) is 29.8 Å². The van der Waals surface area contributed by atoms with Crippen molar-refractivity contribution < 1.29 is 17.9 Å². The van der Waals surface area contributed by atoms with Gasteiger partial charge in [0.25, 0.3) is 0 Å². The second-order valence-electron chi connectivity index (χ2n) is 3.79. The van der Waals surface area contributed by atoms with E-state index in [-0.39, 0.29) is 28.1 Å². The number of anilines is 1. The molecular formula is C13H9BrF3NO. The third kappa shape index (κ3) is 3.01. The molecule has 2 aromatic carbocycles. The molecule has 0 radical (unpaired) electrons. The fraction of sp³-hybridized carbons (Fsp3) is 0.0769.